The molecule has 0 saturated carbocycles. The summed E-state index contributed by atoms with van der Waals surface area (Å²) in [5.74, 6) is 0.170. The van der Waals surface area contributed by atoms with Crippen molar-refractivity contribution in [3.8, 4) is 10.8 Å². The first kappa shape index (κ1) is 12.7. The number of carbonyl (C=O) groups excluding carboxylic acids is 1. The lowest BCUT2D eigenvalue weighted by Crippen LogP contribution is -2.09. The Morgan fingerprint density at radius 1 is 1.45 bits per heavy atom. The van der Waals surface area contributed by atoms with E-state index in [4.69, 9.17) is 9.15 Å². The standard InChI is InChI=1S/C14H12N2O3S/c1-16-6-2-4-11(16)14(17)19-9-10-8-18-13(15-10)12-5-3-7-20-12/h2-8H,9H2,1H3. The van der Waals surface area contributed by atoms with Crippen LogP contribution in [0.25, 0.3) is 10.8 Å². The lowest BCUT2D eigenvalue weighted by atomic mass is 10.4. The van der Waals surface area contributed by atoms with E-state index in [-0.39, 0.29) is 12.6 Å². The minimum Gasteiger partial charge on any atom is -0.454 e. The first-order valence-electron chi connectivity index (χ1n) is 6.01. The summed E-state index contributed by atoms with van der Waals surface area (Å²) in [7, 11) is 1.79. The fraction of sp³-hybridized carbons (Fsp3) is 0.143. The Hall–Kier alpha value is -2.34. The number of nitrogens with zero attached hydrogens (tertiary/aromatic N) is 2. The van der Waals surface area contributed by atoms with Gasteiger partial charge in [-0.05, 0) is 23.6 Å². The zero-order valence-corrected chi connectivity index (χ0v) is 11.6. The molecule has 0 aliphatic rings. The molecule has 102 valence electrons. The number of oxazole rings is 1. The largest absolute Gasteiger partial charge is 0.454 e. The molecule has 20 heavy (non-hydrogen) atoms. The van der Waals surface area contributed by atoms with Crippen molar-refractivity contribution in [1.29, 1.82) is 0 Å². The van der Waals surface area contributed by atoms with Crippen LogP contribution in [0.15, 0.2) is 46.5 Å². The number of thiophene rings is 1. The Morgan fingerprint density at radius 2 is 2.35 bits per heavy atom. The highest BCUT2D eigenvalue weighted by Gasteiger charge is 2.13. The predicted octanol–water partition coefficient (Wildman–Crippen LogP) is 3.10. The molecule has 3 aromatic heterocycles. The molecular formula is C14H12N2O3S. The Bertz CT molecular complexity index is 712. The van der Waals surface area contributed by atoms with Gasteiger partial charge in [0.15, 0.2) is 0 Å². The second-order valence-electron chi connectivity index (χ2n) is 4.20. The van der Waals surface area contributed by atoms with Crippen LogP contribution in [0.2, 0.25) is 0 Å². The summed E-state index contributed by atoms with van der Waals surface area (Å²) in [6, 6.07) is 7.36. The second-order valence-corrected chi connectivity index (χ2v) is 5.15. The molecule has 0 bridgehead atoms. The molecule has 0 aromatic carbocycles. The molecule has 0 aliphatic heterocycles. The third-order valence-corrected chi connectivity index (χ3v) is 3.65. The van der Waals surface area contributed by atoms with E-state index in [9.17, 15) is 4.79 Å². The summed E-state index contributed by atoms with van der Waals surface area (Å²) < 4.78 is 12.3. The average molecular weight is 288 g/mol. The van der Waals surface area contributed by atoms with Gasteiger partial charge in [-0.2, -0.15) is 0 Å². The molecule has 0 N–H and O–H groups in total. The van der Waals surface area contributed by atoms with Crippen LogP contribution in [0.3, 0.4) is 0 Å². The SMILES string of the molecule is Cn1cccc1C(=O)OCc1coc(-c2cccs2)n1. The fourth-order valence-electron chi connectivity index (χ4n) is 1.77. The van der Waals surface area contributed by atoms with E-state index in [1.54, 1.807) is 41.3 Å². The molecule has 5 nitrogen and oxygen atoms in total. The van der Waals surface area contributed by atoms with Crippen LogP contribution in [0.1, 0.15) is 16.2 Å². The molecule has 0 spiro atoms. The van der Waals surface area contributed by atoms with Crippen molar-refractivity contribution in [2.24, 2.45) is 7.05 Å². The van der Waals surface area contributed by atoms with E-state index in [0.717, 1.165) is 4.88 Å². The zero-order chi connectivity index (χ0) is 13.9. The second kappa shape index (κ2) is 5.34. The van der Waals surface area contributed by atoms with Gasteiger partial charge in [-0.15, -0.1) is 11.3 Å². The van der Waals surface area contributed by atoms with E-state index in [1.165, 1.54) is 6.26 Å². The van der Waals surface area contributed by atoms with E-state index in [1.807, 2.05) is 17.5 Å². The fourth-order valence-corrected chi connectivity index (χ4v) is 2.43. The van der Waals surface area contributed by atoms with Gasteiger partial charge in [-0.1, -0.05) is 6.07 Å². The van der Waals surface area contributed by atoms with Gasteiger partial charge in [-0.3, -0.25) is 0 Å². The minimum absolute atomic E-state index is 0.0961. The molecule has 3 rings (SSSR count). The predicted molar refractivity (Wildman–Crippen MR) is 74.3 cm³/mol. The van der Waals surface area contributed by atoms with E-state index >= 15 is 0 Å². The molecule has 3 heterocycles. The molecule has 0 saturated heterocycles. The highest BCUT2D eigenvalue weighted by molar-refractivity contribution is 7.13. The van der Waals surface area contributed by atoms with Crippen LogP contribution in [-0.2, 0) is 18.4 Å². The third-order valence-electron chi connectivity index (χ3n) is 2.79. The van der Waals surface area contributed by atoms with Crippen molar-refractivity contribution in [3.63, 3.8) is 0 Å². The van der Waals surface area contributed by atoms with Crippen LogP contribution in [0, 0.1) is 0 Å². The number of rotatable bonds is 4. The smallest absolute Gasteiger partial charge is 0.355 e. The molecular weight excluding hydrogens is 276 g/mol. The van der Waals surface area contributed by atoms with Crippen molar-refractivity contribution in [1.82, 2.24) is 9.55 Å². The molecule has 0 atom stereocenters. The molecule has 3 aromatic rings. The zero-order valence-electron chi connectivity index (χ0n) is 10.8. The molecule has 0 radical (unpaired) electrons. The van der Waals surface area contributed by atoms with Gasteiger partial charge in [0, 0.05) is 13.2 Å². The Balaban J connectivity index is 1.65. The molecule has 6 heteroatoms. The summed E-state index contributed by atoms with van der Waals surface area (Å²) in [5.41, 5.74) is 1.10. The van der Waals surface area contributed by atoms with Gasteiger partial charge in [-0.25, -0.2) is 9.78 Å². The molecule has 0 unspecified atom stereocenters. The summed E-state index contributed by atoms with van der Waals surface area (Å²) in [5, 5.41) is 1.95. The Labute approximate surface area is 119 Å². The number of hydrogen-bond acceptors (Lipinski definition) is 5. The number of carbonyl (C=O) groups is 1. The topological polar surface area (TPSA) is 57.3 Å². The number of esters is 1. The number of aromatic nitrogens is 2. The van der Waals surface area contributed by atoms with Gasteiger partial charge < -0.3 is 13.7 Å². The first-order valence-corrected chi connectivity index (χ1v) is 6.89. The van der Waals surface area contributed by atoms with Gasteiger partial charge in [0.05, 0.1) is 4.88 Å². The highest BCUT2D eigenvalue weighted by Crippen LogP contribution is 2.23. The number of aryl methyl sites for hydroxylation is 1. The maximum Gasteiger partial charge on any atom is 0.355 e. The maximum absolute atomic E-state index is 11.8. The summed E-state index contributed by atoms with van der Waals surface area (Å²) in [6.07, 6.45) is 3.30. The van der Waals surface area contributed by atoms with Crippen LogP contribution >= 0.6 is 11.3 Å². The van der Waals surface area contributed by atoms with Crippen molar-refractivity contribution in [3.05, 3.63) is 53.5 Å². The average Bonchev–Trinajstić information content (AvgIpc) is 3.16. The Kier molecular flexibility index (Phi) is 3.39. The lowest BCUT2D eigenvalue weighted by Gasteiger charge is -2.03. The van der Waals surface area contributed by atoms with Crippen molar-refractivity contribution >= 4 is 17.3 Å². The Morgan fingerprint density at radius 3 is 3.05 bits per heavy atom. The van der Waals surface area contributed by atoms with Gasteiger partial charge in [0.2, 0.25) is 5.89 Å². The molecule has 0 amide bonds. The van der Waals surface area contributed by atoms with Gasteiger partial charge in [0.25, 0.3) is 0 Å². The molecule has 0 fully saturated rings. The lowest BCUT2D eigenvalue weighted by molar-refractivity contribution is 0.0456. The number of ether oxygens (including phenoxy) is 1. The highest BCUT2D eigenvalue weighted by atomic mass is 32.1. The van der Waals surface area contributed by atoms with Crippen molar-refractivity contribution < 1.29 is 13.9 Å². The van der Waals surface area contributed by atoms with Crippen molar-refractivity contribution in [2.75, 3.05) is 0 Å². The van der Waals surface area contributed by atoms with E-state index in [0.29, 0.717) is 17.3 Å². The maximum atomic E-state index is 11.8. The first-order chi connectivity index (χ1) is 9.74. The quantitative estimate of drug-likeness (QED) is 0.692. The van der Waals surface area contributed by atoms with E-state index in [2.05, 4.69) is 4.98 Å². The van der Waals surface area contributed by atoms with Crippen LogP contribution in [-0.4, -0.2) is 15.5 Å². The normalized spacial score (nSPS) is 10.7. The summed E-state index contributed by atoms with van der Waals surface area (Å²) >= 11 is 1.55. The van der Waals surface area contributed by atoms with Crippen LogP contribution in [0.4, 0.5) is 0 Å². The van der Waals surface area contributed by atoms with Crippen LogP contribution in [0.5, 0.6) is 0 Å². The monoisotopic (exact) mass is 288 g/mol. The van der Waals surface area contributed by atoms with Crippen LogP contribution < -0.4 is 0 Å². The summed E-state index contributed by atoms with van der Waals surface area (Å²) in [6.45, 7) is 0.0961. The van der Waals surface area contributed by atoms with Crippen molar-refractivity contribution in [2.45, 2.75) is 6.61 Å². The van der Waals surface area contributed by atoms with E-state index < -0.39 is 0 Å². The van der Waals surface area contributed by atoms with Gasteiger partial charge >= 0.3 is 5.97 Å². The minimum atomic E-state index is -0.377. The third kappa shape index (κ3) is 2.50. The molecule has 0 aliphatic carbocycles. The van der Waals surface area contributed by atoms with Gasteiger partial charge in [0.1, 0.15) is 24.3 Å². The summed E-state index contributed by atoms with van der Waals surface area (Å²) in [4.78, 5) is 17.1. The number of hydrogen-bond donors (Lipinski definition) is 0.